The molecule has 1 aliphatic heterocycles. The maximum absolute atomic E-state index is 11.5. The van der Waals surface area contributed by atoms with Crippen LogP contribution in [0.15, 0.2) is 24.3 Å². The second-order valence-electron chi connectivity index (χ2n) is 4.26. The van der Waals surface area contributed by atoms with Crippen LogP contribution < -0.4 is 0 Å². The van der Waals surface area contributed by atoms with Crippen molar-refractivity contribution in [3.8, 4) is 0 Å². The van der Waals surface area contributed by atoms with Crippen LogP contribution in [0.2, 0.25) is 0 Å². The minimum atomic E-state index is -0.627. The van der Waals surface area contributed by atoms with Crippen LogP contribution in [0.5, 0.6) is 0 Å². The summed E-state index contributed by atoms with van der Waals surface area (Å²) in [6, 6.07) is 7.68. The quantitative estimate of drug-likeness (QED) is 0.846. The SMILES string of the molecule is Cc1ccccc1C(O)CN1CCOCC1=O. The predicted octanol–water partition coefficient (Wildman–Crippen LogP) is 0.887. The van der Waals surface area contributed by atoms with Crippen molar-refractivity contribution >= 4 is 5.91 Å². The van der Waals surface area contributed by atoms with Crippen molar-refractivity contribution in [3.05, 3.63) is 35.4 Å². The van der Waals surface area contributed by atoms with Gasteiger partial charge in [-0.1, -0.05) is 24.3 Å². The van der Waals surface area contributed by atoms with E-state index in [9.17, 15) is 9.90 Å². The van der Waals surface area contributed by atoms with Crippen LogP contribution in [0.3, 0.4) is 0 Å². The zero-order chi connectivity index (χ0) is 12.3. The van der Waals surface area contributed by atoms with Crippen LogP contribution in [-0.2, 0) is 9.53 Å². The lowest BCUT2D eigenvalue weighted by Gasteiger charge is -2.29. The lowest BCUT2D eigenvalue weighted by Crippen LogP contribution is -2.43. The van der Waals surface area contributed by atoms with E-state index in [1.54, 1.807) is 4.90 Å². The molecule has 0 saturated carbocycles. The Morgan fingerprint density at radius 3 is 2.94 bits per heavy atom. The summed E-state index contributed by atoms with van der Waals surface area (Å²) in [5, 5.41) is 10.1. The van der Waals surface area contributed by atoms with Gasteiger partial charge in [0.1, 0.15) is 6.61 Å². The molecule has 1 aromatic rings. The van der Waals surface area contributed by atoms with E-state index >= 15 is 0 Å². The van der Waals surface area contributed by atoms with Gasteiger partial charge in [-0.3, -0.25) is 4.79 Å². The molecule has 0 aromatic heterocycles. The molecule has 0 aliphatic carbocycles. The molecule has 1 aliphatic rings. The molecule has 1 saturated heterocycles. The number of aliphatic hydroxyl groups excluding tert-OH is 1. The van der Waals surface area contributed by atoms with E-state index in [4.69, 9.17) is 4.74 Å². The Balaban J connectivity index is 2.03. The van der Waals surface area contributed by atoms with E-state index in [-0.39, 0.29) is 12.5 Å². The molecule has 17 heavy (non-hydrogen) atoms. The monoisotopic (exact) mass is 235 g/mol. The van der Waals surface area contributed by atoms with E-state index < -0.39 is 6.10 Å². The molecule has 4 heteroatoms. The number of aryl methyl sites for hydroxylation is 1. The van der Waals surface area contributed by atoms with Crippen LogP contribution in [0, 0.1) is 6.92 Å². The topological polar surface area (TPSA) is 49.8 Å². The molecule has 1 heterocycles. The van der Waals surface area contributed by atoms with Crippen molar-refractivity contribution in [2.24, 2.45) is 0 Å². The fraction of sp³-hybridized carbons (Fsp3) is 0.462. The first kappa shape index (κ1) is 12.1. The molecule has 0 spiro atoms. The van der Waals surface area contributed by atoms with Crippen molar-refractivity contribution in [2.45, 2.75) is 13.0 Å². The molecule has 1 unspecified atom stereocenters. The van der Waals surface area contributed by atoms with E-state index in [0.717, 1.165) is 11.1 Å². The number of aliphatic hydroxyl groups is 1. The molecular weight excluding hydrogens is 218 g/mol. The Bertz CT molecular complexity index is 405. The first-order valence-electron chi connectivity index (χ1n) is 5.77. The van der Waals surface area contributed by atoms with Crippen LogP contribution in [0.25, 0.3) is 0 Å². The number of carbonyl (C=O) groups is 1. The third-order valence-electron chi connectivity index (χ3n) is 3.02. The first-order valence-corrected chi connectivity index (χ1v) is 5.77. The summed E-state index contributed by atoms with van der Waals surface area (Å²) in [6.07, 6.45) is -0.627. The van der Waals surface area contributed by atoms with Crippen LogP contribution in [-0.4, -0.2) is 42.2 Å². The van der Waals surface area contributed by atoms with Crippen molar-refractivity contribution in [3.63, 3.8) is 0 Å². The summed E-state index contributed by atoms with van der Waals surface area (Å²) in [7, 11) is 0. The van der Waals surface area contributed by atoms with Gasteiger partial charge >= 0.3 is 0 Å². The fourth-order valence-corrected chi connectivity index (χ4v) is 2.01. The van der Waals surface area contributed by atoms with E-state index in [2.05, 4.69) is 0 Å². The normalized spacial score (nSPS) is 18.2. The first-order chi connectivity index (χ1) is 8.18. The molecule has 0 bridgehead atoms. The van der Waals surface area contributed by atoms with E-state index in [0.29, 0.717) is 19.7 Å². The maximum atomic E-state index is 11.5. The van der Waals surface area contributed by atoms with Crippen molar-refractivity contribution in [1.82, 2.24) is 4.90 Å². The van der Waals surface area contributed by atoms with E-state index in [1.807, 2.05) is 31.2 Å². The second-order valence-corrected chi connectivity index (χ2v) is 4.26. The lowest BCUT2D eigenvalue weighted by molar-refractivity contribution is -0.144. The number of benzene rings is 1. The molecule has 1 aromatic carbocycles. The van der Waals surface area contributed by atoms with Gasteiger partial charge in [-0.05, 0) is 18.1 Å². The minimum absolute atomic E-state index is 0.0520. The van der Waals surface area contributed by atoms with Crippen molar-refractivity contribution in [2.75, 3.05) is 26.3 Å². The Kier molecular flexibility index (Phi) is 3.76. The number of β-amino-alcohol motifs (C(OH)–C–C–N with tert-alkyl or cyclic N) is 1. The number of ether oxygens (including phenoxy) is 1. The van der Waals surface area contributed by atoms with Gasteiger partial charge in [0, 0.05) is 6.54 Å². The van der Waals surface area contributed by atoms with Gasteiger partial charge in [-0.2, -0.15) is 0 Å². The van der Waals surface area contributed by atoms with Gasteiger partial charge in [0.05, 0.1) is 19.3 Å². The summed E-state index contributed by atoms with van der Waals surface area (Å²) in [5.74, 6) is -0.0520. The van der Waals surface area contributed by atoms with E-state index in [1.165, 1.54) is 0 Å². The molecule has 1 amide bonds. The van der Waals surface area contributed by atoms with Crippen LogP contribution >= 0.6 is 0 Å². The lowest BCUT2D eigenvalue weighted by atomic mass is 10.0. The highest BCUT2D eigenvalue weighted by atomic mass is 16.5. The molecule has 92 valence electrons. The average molecular weight is 235 g/mol. The summed E-state index contributed by atoms with van der Waals surface area (Å²) in [4.78, 5) is 13.2. The molecular formula is C13H17NO3. The fourth-order valence-electron chi connectivity index (χ4n) is 2.01. The van der Waals surface area contributed by atoms with Gasteiger partial charge < -0.3 is 14.7 Å². The standard InChI is InChI=1S/C13H17NO3/c1-10-4-2-3-5-11(10)12(15)8-14-6-7-17-9-13(14)16/h2-5,12,15H,6-9H2,1H3. The number of rotatable bonds is 3. The van der Waals surface area contributed by atoms with Gasteiger partial charge in [0.15, 0.2) is 0 Å². The van der Waals surface area contributed by atoms with Crippen molar-refractivity contribution in [1.29, 1.82) is 0 Å². The predicted molar refractivity (Wildman–Crippen MR) is 63.5 cm³/mol. The summed E-state index contributed by atoms with van der Waals surface area (Å²) < 4.78 is 5.05. The summed E-state index contributed by atoms with van der Waals surface area (Å²) >= 11 is 0. The summed E-state index contributed by atoms with van der Waals surface area (Å²) in [5.41, 5.74) is 1.92. The molecule has 2 rings (SSSR count). The largest absolute Gasteiger partial charge is 0.387 e. The van der Waals surface area contributed by atoms with Crippen molar-refractivity contribution < 1.29 is 14.6 Å². The number of hydrogen-bond acceptors (Lipinski definition) is 3. The van der Waals surface area contributed by atoms with Crippen LogP contribution in [0.4, 0.5) is 0 Å². The molecule has 1 N–H and O–H groups in total. The summed E-state index contributed by atoms with van der Waals surface area (Å²) in [6.45, 7) is 3.53. The van der Waals surface area contributed by atoms with Crippen LogP contribution in [0.1, 0.15) is 17.2 Å². The second kappa shape index (κ2) is 5.29. The zero-order valence-corrected chi connectivity index (χ0v) is 9.93. The Morgan fingerprint density at radius 2 is 2.24 bits per heavy atom. The molecule has 4 nitrogen and oxygen atoms in total. The Labute approximate surface area is 101 Å². The zero-order valence-electron chi connectivity index (χ0n) is 9.93. The highest BCUT2D eigenvalue weighted by Gasteiger charge is 2.22. The third kappa shape index (κ3) is 2.84. The molecule has 1 fully saturated rings. The highest BCUT2D eigenvalue weighted by Crippen LogP contribution is 2.18. The minimum Gasteiger partial charge on any atom is -0.387 e. The average Bonchev–Trinajstić information content (AvgIpc) is 2.32. The van der Waals surface area contributed by atoms with Gasteiger partial charge in [-0.15, -0.1) is 0 Å². The highest BCUT2D eigenvalue weighted by molar-refractivity contribution is 5.78. The number of morpholine rings is 1. The number of hydrogen-bond donors (Lipinski definition) is 1. The smallest absolute Gasteiger partial charge is 0.248 e. The maximum Gasteiger partial charge on any atom is 0.248 e. The number of carbonyl (C=O) groups excluding carboxylic acids is 1. The third-order valence-corrected chi connectivity index (χ3v) is 3.02. The van der Waals surface area contributed by atoms with Gasteiger partial charge in [0.2, 0.25) is 5.91 Å². The molecule has 0 radical (unpaired) electrons. The van der Waals surface area contributed by atoms with Gasteiger partial charge in [0.25, 0.3) is 0 Å². The number of nitrogens with zero attached hydrogens (tertiary/aromatic N) is 1. The van der Waals surface area contributed by atoms with Gasteiger partial charge in [-0.25, -0.2) is 0 Å². The Morgan fingerprint density at radius 1 is 1.47 bits per heavy atom. The number of amides is 1. The molecule has 1 atom stereocenters. The Hall–Kier alpha value is -1.39.